The van der Waals surface area contributed by atoms with Gasteiger partial charge in [0.25, 0.3) is 0 Å². The minimum absolute atomic E-state index is 0. The number of hydrogen-bond acceptors (Lipinski definition) is 1. The molecule has 0 bridgehead atoms. The minimum Gasteiger partial charge on any atom is -1.00 e. The van der Waals surface area contributed by atoms with Gasteiger partial charge in [0.15, 0.2) is 0 Å². The third-order valence-corrected chi connectivity index (χ3v) is 18.0. The Balaban J connectivity index is 0.00000217. The predicted octanol–water partition coefficient (Wildman–Crippen LogP) is 5.21. The van der Waals surface area contributed by atoms with Crippen molar-refractivity contribution in [1.29, 1.82) is 0 Å². The van der Waals surface area contributed by atoms with Crippen LogP contribution in [0.1, 0.15) is 90.5 Å². The molecule has 0 spiro atoms. The van der Waals surface area contributed by atoms with Gasteiger partial charge in [-0.15, -0.1) is 0 Å². The predicted molar refractivity (Wildman–Crippen MR) is 187 cm³/mol. The summed E-state index contributed by atoms with van der Waals surface area (Å²) in [6.07, 6.45) is 9.50. The van der Waals surface area contributed by atoms with E-state index in [9.17, 15) is 0 Å². The zero-order valence-corrected chi connectivity index (χ0v) is 32.0. The van der Waals surface area contributed by atoms with Crippen molar-refractivity contribution < 1.29 is 50.5 Å². The number of furan rings is 1. The van der Waals surface area contributed by atoms with Crippen LogP contribution < -0.4 is 24.8 Å². The second kappa shape index (κ2) is 13.8. The van der Waals surface area contributed by atoms with Crippen LogP contribution in [0.4, 0.5) is 0 Å². The van der Waals surface area contributed by atoms with Crippen molar-refractivity contribution in [3.8, 4) is 11.1 Å². The number of rotatable bonds is 5. The summed E-state index contributed by atoms with van der Waals surface area (Å²) in [7, 11) is 0. The van der Waals surface area contributed by atoms with Gasteiger partial charge < -0.3 is 24.8 Å². The summed E-state index contributed by atoms with van der Waals surface area (Å²) in [6.45, 7) is 14.1. The molecule has 5 aromatic rings. The Labute approximate surface area is 300 Å². The van der Waals surface area contributed by atoms with E-state index in [1.807, 2.05) is 12.5 Å². The SMILES string of the molecule is CC(C)(C)c1ccc2c(c1)[CH]([Zr+2]([C]1=C(c3ccoc3)C=CC1)=[C](c1ccccc1)c1ccccc1)c1cc(C(C)(C)C)ccc1-2.[Cl-].[Cl-]. The zero-order valence-electron chi connectivity index (χ0n) is 28.1. The summed E-state index contributed by atoms with van der Waals surface area (Å²) < 4.78 is 9.24. The third-order valence-electron chi connectivity index (χ3n) is 9.52. The van der Waals surface area contributed by atoms with E-state index in [1.165, 1.54) is 55.6 Å². The van der Waals surface area contributed by atoms with Gasteiger partial charge in [-0.3, -0.25) is 0 Å². The Morgan fingerprint density at radius 1 is 0.660 bits per heavy atom. The topological polar surface area (TPSA) is 13.1 Å². The van der Waals surface area contributed by atoms with E-state index in [0.717, 1.165) is 6.42 Å². The fraction of sp³-hybridized carbons (Fsp3) is 0.233. The number of hydrogen-bond donors (Lipinski definition) is 0. The molecule has 0 saturated carbocycles. The van der Waals surface area contributed by atoms with Gasteiger partial charge in [-0.25, -0.2) is 0 Å². The summed E-state index contributed by atoms with van der Waals surface area (Å²) >= 11 is -2.93. The first-order valence-corrected chi connectivity index (χ1v) is 20.1. The second-order valence-electron chi connectivity index (χ2n) is 14.6. The van der Waals surface area contributed by atoms with Crippen LogP contribution in [-0.2, 0) is 32.1 Å². The summed E-state index contributed by atoms with van der Waals surface area (Å²) in [6, 6.07) is 39.4. The van der Waals surface area contributed by atoms with Gasteiger partial charge in [-0.2, -0.15) is 0 Å². The third kappa shape index (κ3) is 6.67. The van der Waals surface area contributed by atoms with Gasteiger partial charge in [0.05, 0.1) is 0 Å². The van der Waals surface area contributed by atoms with Crippen LogP contribution in [0.5, 0.6) is 0 Å². The van der Waals surface area contributed by atoms with E-state index in [2.05, 4.69) is 157 Å². The molecule has 238 valence electrons. The number of fused-ring (bicyclic) bond motifs is 3. The Morgan fingerprint density at radius 3 is 1.62 bits per heavy atom. The molecule has 4 heteroatoms. The molecule has 1 nitrogen and oxygen atoms in total. The molecule has 0 aliphatic heterocycles. The molecule has 0 amide bonds. The summed E-state index contributed by atoms with van der Waals surface area (Å²) in [4.78, 5) is 0. The van der Waals surface area contributed by atoms with Crippen LogP contribution in [0, 0.1) is 0 Å². The second-order valence-corrected chi connectivity index (χ2v) is 20.7. The van der Waals surface area contributed by atoms with E-state index in [-0.39, 0.29) is 35.6 Å². The molecular formula is C43H42Cl2OZr. The zero-order chi connectivity index (χ0) is 31.3. The maximum Gasteiger partial charge on any atom is -1.00 e. The maximum atomic E-state index is 5.68. The Morgan fingerprint density at radius 2 is 1.17 bits per heavy atom. The molecule has 4 aromatic carbocycles. The van der Waals surface area contributed by atoms with Crippen molar-refractivity contribution in [2.75, 3.05) is 0 Å². The summed E-state index contributed by atoms with van der Waals surface area (Å²) in [5.74, 6) is 0. The minimum atomic E-state index is -2.93. The van der Waals surface area contributed by atoms with Crippen LogP contribution in [0.3, 0.4) is 0 Å². The van der Waals surface area contributed by atoms with Crippen molar-refractivity contribution in [3.63, 3.8) is 0 Å². The van der Waals surface area contributed by atoms with Crippen molar-refractivity contribution in [2.24, 2.45) is 0 Å². The number of allylic oxidation sites excluding steroid dienone is 4. The molecule has 1 aromatic heterocycles. The van der Waals surface area contributed by atoms with Gasteiger partial charge in [0, 0.05) is 0 Å². The van der Waals surface area contributed by atoms with Gasteiger partial charge in [0.1, 0.15) is 0 Å². The van der Waals surface area contributed by atoms with Gasteiger partial charge in [-0.1, -0.05) is 0 Å². The quantitative estimate of drug-likeness (QED) is 0.242. The van der Waals surface area contributed by atoms with Crippen LogP contribution in [0.15, 0.2) is 136 Å². The molecule has 0 fully saturated rings. The van der Waals surface area contributed by atoms with Gasteiger partial charge in [0.2, 0.25) is 0 Å². The normalized spacial score (nSPS) is 13.7. The van der Waals surface area contributed by atoms with Crippen molar-refractivity contribution in [2.45, 2.75) is 62.4 Å². The molecule has 0 radical (unpaired) electrons. The summed E-state index contributed by atoms with van der Waals surface area (Å²) in [5.41, 5.74) is 14.1. The molecule has 0 saturated heterocycles. The Kier molecular flexibility index (Phi) is 10.4. The standard InChI is InChI=1S/C21H25.C13H10.C9H7O.2ClH.Zr/c1-20(2,3)16-7-9-18-14(12-16)11-15-13-17(21(4,5)6)8-10-19(15)18;1-3-7-12(8-4-1)11-13-9-5-2-6-10-13;1-2-4-8(3-1)9-5-6-10-7-9;;;/h7-13H,1-6H3;1-10H;1,3,5-7H,2H2;2*1H;/q;;;;;+2/p-2. The molecule has 2 aliphatic carbocycles. The van der Waals surface area contributed by atoms with Crippen molar-refractivity contribution in [3.05, 3.63) is 170 Å². The van der Waals surface area contributed by atoms with Gasteiger partial charge in [-0.05, 0) is 0 Å². The van der Waals surface area contributed by atoms with E-state index in [1.54, 1.807) is 6.49 Å². The van der Waals surface area contributed by atoms with Crippen LogP contribution in [0.25, 0.3) is 16.7 Å². The Bertz CT molecular complexity index is 1860. The summed E-state index contributed by atoms with van der Waals surface area (Å²) in [5, 5.41) is 0. The van der Waals surface area contributed by atoms with Crippen LogP contribution in [0.2, 0.25) is 0 Å². The van der Waals surface area contributed by atoms with E-state index >= 15 is 0 Å². The van der Waals surface area contributed by atoms with E-state index in [0.29, 0.717) is 3.63 Å². The molecule has 1 heterocycles. The van der Waals surface area contributed by atoms with E-state index in [4.69, 9.17) is 4.42 Å². The number of benzene rings is 4. The molecular weight excluding hydrogens is 695 g/mol. The Hall–Kier alpha value is -3.03. The molecule has 0 atom stereocenters. The first-order valence-electron chi connectivity index (χ1n) is 16.2. The fourth-order valence-corrected chi connectivity index (χ4v) is 16.6. The molecule has 2 aliphatic rings. The monoisotopic (exact) mass is 734 g/mol. The van der Waals surface area contributed by atoms with Crippen molar-refractivity contribution in [1.82, 2.24) is 0 Å². The van der Waals surface area contributed by atoms with Crippen LogP contribution in [-0.4, -0.2) is 3.21 Å². The largest absolute Gasteiger partial charge is 1.00 e. The average Bonchev–Trinajstić information content (AvgIpc) is 3.79. The molecule has 47 heavy (non-hydrogen) atoms. The smallest absolute Gasteiger partial charge is 1.00 e. The average molecular weight is 737 g/mol. The number of halogens is 2. The fourth-order valence-electron chi connectivity index (χ4n) is 7.11. The first kappa shape index (κ1) is 35.3. The molecule has 7 rings (SSSR count). The van der Waals surface area contributed by atoms with Crippen molar-refractivity contribution >= 4 is 8.78 Å². The maximum absolute atomic E-state index is 5.68. The van der Waals surface area contributed by atoms with Gasteiger partial charge >= 0.3 is 278 Å². The van der Waals surface area contributed by atoms with Crippen LogP contribution >= 0.6 is 0 Å². The van der Waals surface area contributed by atoms with E-state index < -0.39 is 21.3 Å². The molecule has 0 unspecified atom stereocenters. The molecule has 0 N–H and O–H groups in total. The first-order chi connectivity index (χ1) is 21.6.